The van der Waals surface area contributed by atoms with Crippen molar-refractivity contribution in [2.24, 2.45) is 7.05 Å². The highest BCUT2D eigenvalue weighted by Gasteiger charge is 2.32. The van der Waals surface area contributed by atoms with Crippen molar-refractivity contribution in [1.82, 2.24) is 9.88 Å². The fraction of sp³-hybridized carbons (Fsp3) is 0.353. The minimum Gasteiger partial charge on any atom is -0.350 e. The molecule has 1 aliphatic carbocycles. The van der Waals surface area contributed by atoms with Crippen LogP contribution in [0.5, 0.6) is 0 Å². The number of aromatic nitrogens is 1. The Hall–Kier alpha value is -1.52. The molecule has 0 bridgehead atoms. The zero-order chi connectivity index (χ0) is 16.7. The fourth-order valence-corrected chi connectivity index (χ4v) is 3.64. The lowest BCUT2D eigenvalue weighted by atomic mass is 9.90. The van der Waals surface area contributed by atoms with Crippen LogP contribution in [0.2, 0.25) is 0 Å². The quantitative estimate of drug-likeness (QED) is 0.642. The van der Waals surface area contributed by atoms with Gasteiger partial charge in [0.05, 0.1) is 16.3 Å². The van der Waals surface area contributed by atoms with E-state index in [1.54, 1.807) is 16.8 Å². The van der Waals surface area contributed by atoms with E-state index in [1.165, 1.54) is 12.1 Å². The molecule has 1 aliphatic rings. The molecule has 1 heterocycles. The molecule has 23 heavy (non-hydrogen) atoms. The summed E-state index contributed by atoms with van der Waals surface area (Å²) in [6, 6.07) is 4.17. The topological polar surface area (TPSA) is 34.0 Å². The number of amides is 1. The van der Waals surface area contributed by atoms with Crippen molar-refractivity contribution in [1.29, 1.82) is 0 Å². The lowest BCUT2D eigenvalue weighted by molar-refractivity contribution is 0.0933. The van der Waals surface area contributed by atoms with Crippen LogP contribution in [0.15, 0.2) is 36.5 Å². The highest BCUT2D eigenvalue weighted by Crippen LogP contribution is 2.31. The molecule has 0 spiro atoms. The van der Waals surface area contributed by atoms with Gasteiger partial charge in [-0.2, -0.15) is 0 Å². The van der Waals surface area contributed by atoms with Crippen LogP contribution in [0.1, 0.15) is 23.2 Å². The second-order valence-electron chi connectivity index (χ2n) is 5.98. The summed E-state index contributed by atoms with van der Waals surface area (Å²) < 4.78 is 15.3. The first-order chi connectivity index (χ1) is 10.9. The first-order valence-corrected chi connectivity index (χ1v) is 8.25. The third-order valence-electron chi connectivity index (χ3n) is 4.31. The van der Waals surface area contributed by atoms with Crippen molar-refractivity contribution in [3.8, 4) is 0 Å². The zero-order valence-corrected chi connectivity index (χ0v) is 14.2. The average Bonchev–Trinajstić information content (AvgIpc) is 2.81. The number of benzene rings is 1. The van der Waals surface area contributed by atoms with E-state index in [2.05, 4.69) is 11.9 Å². The Morgan fingerprint density at radius 2 is 2.17 bits per heavy atom. The molecule has 0 radical (unpaired) electrons. The number of allylic oxidation sites excluding steroid dienone is 1. The third kappa shape index (κ3) is 3.10. The Bertz CT molecular complexity index is 786. The van der Waals surface area contributed by atoms with Crippen molar-refractivity contribution < 1.29 is 9.18 Å². The average molecular weight is 355 g/mol. The molecular weight excluding hydrogens is 338 g/mol. The van der Waals surface area contributed by atoms with Crippen molar-refractivity contribution in [2.75, 3.05) is 0 Å². The first-order valence-electron chi connectivity index (χ1n) is 7.38. The molecule has 1 aromatic carbocycles. The van der Waals surface area contributed by atoms with Crippen molar-refractivity contribution in [2.45, 2.75) is 29.6 Å². The van der Waals surface area contributed by atoms with Crippen LogP contribution < -0.4 is 5.32 Å². The standard InChI is InChI=1S/C17H17Cl2FN2O/c1-9-5-14(19)15(7-13(9)18)21-17(23)12-8-22(2)16-4-3-10(20)6-11(12)16/h3-4,6,8,13-15H,1,5,7H2,2H3,(H,21,23). The lowest BCUT2D eigenvalue weighted by Crippen LogP contribution is -2.45. The minimum atomic E-state index is -0.372. The number of nitrogens with one attached hydrogen (secondary N) is 1. The van der Waals surface area contributed by atoms with Crippen LogP contribution in [-0.4, -0.2) is 27.3 Å². The summed E-state index contributed by atoms with van der Waals surface area (Å²) in [5, 5.41) is 3.07. The predicted octanol–water partition coefficient (Wildman–Crippen LogP) is 3.98. The number of alkyl halides is 2. The summed E-state index contributed by atoms with van der Waals surface area (Å²) in [6.45, 7) is 3.90. The Balaban J connectivity index is 1.86. The van der Waals surface area contributed by atoms with E-state index in [4.69, 9.17) is 23.2 Å². The number of nitrogens with zero attached hydrogens (tertiary/aromatic N) is 1. The van der Waals surface area contributed by atoms with Gasteiger partial charge >= 0.3 is 0 Å². The molecular formula is C17H17Cl2FN2O. The number of fused-ring (bicyclic) bond motifs is 1. The number of rotatable bonds is 2. The van der Waals surface area contributed by atoms with Gasteiger partial charge in [-0.05, 0) is 31.0 Å². The van der Waals surface area contributed by atoms with E-state index in [0.29, 0.717) is 23.8 Å². The maximum absolute atomic E-state index is 13.5. The summed E-state index contributed by atoms with van der Waals surface area (Å²) in [5.74, 6) is -0.643. The van der Waals surface area contributed by atoms with E-state index in [1.807, 2.05) is 7.05 Å². The normalized spacial score (nSPS) is 24.9. The lowest BCUT2D eigenvalue weighted by Gasteiger charge is -2.32. The SMILES string of the molecule is C=C1CC(Cl)C(NC(=O)c2cn(C)c3ccc(F)cc23)CC1Cl. The Morgan fingerprint density at radius 3 is 2.91 bits per heavy atom. The molecule has 122 valence electrons. The number of hydrogen-bond acceptors (Lipinski definition) is 1. The fourth-order valence-electron chi connectivity index (χ4n) is 3.00. The van der Waals surface area contributed by atoms with Gasteiger partial charge in [0.2, 0.25) is 0 Å². The van der Waals surface area contributed by atoms with E-state index in [0.717, 1.165) is 11.1 Å². The van der Waals surface area contributed by atoms with Gasteiger partial charge in [0.1, 0.15) is 5.82 Å². The van der Waals surface area contributed by atoms with Crippen molar-refractivity contribution in [3.05, 3.63) is 47.9 Å². The molecule has 2 aromatic rings. The van der Waals surface area contributed by atoms with Crippen LogP contribution in [-0.2, 0) is 7.05 Å². The molecule has 3 nitrogen and oxygen atoms in total. The number of carbonyl (C=O) groups is 1. The maximum Gasteiger partial charge on any atom is 0.253 e. The van der Waals surface area contributed by atoms with E-state index < -0.39 is 0 Å². The Morgan fingerprint density at radius 1 is 1.43 bits per heavy atom. The minimum absolute atomic E-state index is 0.194. The highest BCUT2D eigenvalue weighted by molar-refractivity contribution is 6.24. The smallest absolute Gasteiger partial charge is 0.253 e. The predicted molar refractivity (Wildman–Crippen MR) is 91.8 cm³/mol. The van der Waals surface area contributed by atoms with Crippen molar-refractivity contribution >= 4 is 40.0 Å². The molecule has 1 fully saturated rings. The molecule has 3 unspecified atom stereocenters. The molecule has 0 aliphatic heterocycles. The number of aryl methyl sites for hydroxylation is 1. The van der Waals surface area contributed by atoms with Crippen molar-refractivity contribution in [3.63, 3.8) is 0 Å². The Labute approximate surface area is 144 Å². The summed E-state index contributed by atoms with van der Waals surface area (Å²) in [6.07, 6.45) is 2.81. The molecule has 1 saturated carbocycles. The molecule has 6 heteroatoms. The highest BCUT2D eigenvalue weighted by atomic mass is 35.5. The van der Waals surface area contributed by atoms with Gasteiger partial charge in [-0.1, -0.05) is 12.2 Å². The van der Waals surface area contributed by atoms with Gasteiger partial charge in [-0.25, -0.2) is 4.39 Å². The summed E-state index contributed by atoms with van der Waals surface area (Å²) in [4.78, 5) is 12.6. The number of carbonyl (C=O) groups excluding carboxylic acids is 1. The molecule has 1 amide bonds. The number of hydrogen-bond donors (Lipinski definition) is 1. The van der Waals surface area contributed by atoms with Gasteiger partial charge in [0.15, 0.2) is 0 Å². The molecule has 1 aromatic heterocycles. The molecule has 3 rings (SSSR count). The first kappa shape index (κ1) is 16.3. The van der Waals surface area contributed by atoms with Gasteiger partial charge in [0.25, 0.3) is 5.91 Å². The largest absolute Gasteiger partial charge is 0.350 e. The van der Waals surface area contributed by atoms with Crippen LogP contribution >= 0.6 is 23.2 Å². The summed E-state index contributed by atoms with van der Waals surface area (Å²) in [5.41, 5.74) is 2.12. The Kier molecular flexibility index (Phi) is 4.39. The zero-order valence-electron chi connectivity index (χ0n) is 12.7. The third-order valence-corrected chi connectivity index (χ3v) is 5.26. The van der Waals surface area contributed by atoms with Gasteiger partial charge < -0.3 is 9.88 Å². The van der Waals surface area contributed by atoms with Gasteiger partial charge in [0, 0.05) is 30.2 Å². The molecule has 0 saturated heterocycles. The van der Waals surface area contributed by atoms with Crippen LogP contribution in [0.4, 0.5) is 4.39 Å². The van der Waals surface area contributed by atoms with Gasteiger partial charge in [-0.15, -0.1) is 23.2 Å². The maximum atomic E-state index is 13.5. The summed E-state index contributed by atoms with van der Waals surface area (Å²) >= 11 is 12.5. The van der Waals surface area contributed by atoms with Crippen LogP contribution in [0.25, 0.3) is 10.9 Å². The second-order valence-corrected chi connectivity index (χ2v) is 7.06. The van der Waals surface area contributed by atoms with Gasteiger partial charge in [-0.3, -0.25) is 4.79 Å². The number of halogens is 3. The van der Waals surface area contributed by atoms with E-state index in [9.17, 15) is 9.18 Å². The monoisotopic (exact) mass is 354 g/mol. The molecule has 1 N–H and O–H groups in total. The van der Waals surface area contributed by atoms with E-state index >= 15 is 0 Å². The van der Waals surface area contributed by atoms with Crippen LogP contribution in [0, 0.1) is 5.82 Å². The second kappa shape index (κ2) is 6.17. The van der Waals surface area contributed by atoms with E-state index in [-0.39, 0.29) is 28.5 Å². The summed E-state index contributed by atoms with van der Waals surface area (Å²) in [7, 11) is 1.82. The van der Waals surface area contributed by atoms with Crippen LogP contribution in [0.3, 0.4) is 0 Å². The molecule has 3 atom stereocenters.